The highest BCUT2D eigenvalue weighted by atomic mass is 15.3. The first-order valence-corrected chi connectivity index (χ1v) is 8.30. The van der Waals surface area contributed by atoms with Gasteiger partial charge in [0.2, 0.25) is 0 Å². The third kappa shape index (κ3) is 2.57. The van der Waals surface area contributed by atoms with Crippen LogP contribution in [0.1, 0.15) is 40.0 Å². The lowest BCUT2D eigenvalue weighted by atomic mass is 9.73. The molecule has 19 heavy (non-hydrogen) atoms. The minimum absolute atomic E-state index is 0.333. The second-order valence-corrected chi connectivity index (χ2v) is 7.66. The van der Waals surface area contributed by atoms with Crippen LogP contribution in [0, 0.1) is 17.8 Å². The van der Waals surface area contributed by atoms with Crippen LogP contribution in [0.15, 0.2) is 0 Å². The van der Waals surface area contributed by atoms with E-state index in [1.807, 2.05) is 0 Å². The Morgan fingerprint density at radius 2 is 1.84 bits per heavy atom. The number of rotatable bonds is 4. The maximum Gasteiger partial charge on any atom is 0.0295 e. The van der Waals surface area contributed by atoms with Crippen molar-refractivity contribution in [3.63, 3.8) is 0 Å². The molecule has 0 aromatic heterocycles. The summed E-state index contributed by atoms with van der Waals surface area (Å²) in [5.41, 5.74) is 6.14. The van der Waals surface area contributed by atoms with Crippen molar-refractivity contribution in [3.05, 3.63) is 0 Å². The molecule has 0 aliphatic carbocycles. The van der Waals surface area contributed by atoms with Crippen molar-refractivity contribution >= 4 is 0 Å². The van der Waals surface area contributed by atoms with E-state index in [1.165, 1.54) is 45.4 Å². The zero-order valence-electron chi connectivity index (χ0n) is 12.9. The molecule has 3 nitrogen and oxygen atoms in total. The van der Waals surface area contributed by atoms with Crippen LogP contribution in [0.2, 0.25) is 0 Å². The molecule has 4 rings (SSSR count). The number of piperidine rings is 3. The number of nitrogens with zero attached hydrogens (tertiary/aromatic N) is 2. The fourth-order valence-corrected chi connectivity index (χ4v) is 4.95. The number of likely N-dealkylation sites (tertiary alicyclic amines) is 1. The van der Waals surface area contributed by atoms with Gasteiger partial charge in [-0.3, -0.25) is 9.80 Å². The summed E-state index contributed by atoms with van der Waals surface area (Å²) in [6.45, 7) is 12.1. The van der Waals surface area contributed by atoms with Crippen LogP contribution in [-0.2, 0) is 0 Å². The molecule has 4 fully saturated rings. The Morgan fingerprint density at radius 3 is 2.42 bits per heavy atom. The second kappa shape index (κ2) is 5.34. The van der Waals surface area contributed by atoms with E-state index in [-0.39, 0.29) is 0 Å². The van der Waals surface area contributed by atoms with E-state index < -0.39 is 0 Å². The van der Waals surface area contributed by atoms with Crippen LogP contribution in [-0.4, -0.2) is 54.1 Å². The first-order valence-electron chi connectivity index (χ1n) is 8.30. The number of fused-ring (bicyclic) bond motifs is 2. The predicted octanol–water partition coefficient (Wildman–Crippen LogP) is 1.77. The molecule has 4 aliphatic rings. The Labute approximate surface area is 118 Å². The summed E-state index contributed by atoms with van der Waals surface area (Å²) in [6, 6.07) is 1.87. The van der Waals surface area contributed by atoms with E-state index in [1.54, 1.807) is 0 Å². The lowest BCUT2D eigenvalue weighted by Gasteiger charge is -2.49. The zero-order chi connectivity index (χ0) is 13.6. The number of nitrogens with two attached hydrogens (primary N) is 1. The number of hydrogen-bond donors (Lipinski definition) is 1. The largest absolute Gasteiger partial charge is 0.328 e. The highest BCUT2D eigenvalue weighted by Gasteiger charge is 2.52. The average molecular weight is 265 g/mol. The van der Waals surface area contributed by atoms with Gasteiger partial charge in [-0.25, -0.2) is 0 Å². The first-order chi connectivity index (χ1) is 9.06. The van der Waals surface area contributed by atoms with Crippen LogP contribution in [0.5, 0.6) is 0 Å². The standard InChI is InChI=1S/C16H31N3/c1-11(2)9-19-10-14-13-4-6-18(7-5-13)16(14)15(19)8-12(3)17/h11-16H,4-10,17H2,1-3H3. The topological polar surface area (TPSA) is 32.5 Å². The fraction of sp³-hybridized carbons (Fsp3) is 1.00. The summed E-state index contributed by atoms with van der Waals surface area (Å²) in [5.74, 6) is 2.70. The van der Waals surface area contributed by atoms with Crippen molar-refractivity contribution in [1.29, 1.82) is 0 Å². The molecule has 0 saturated carbocycles. The lowest BCUT2D eigenvalue weighted by Crippen LogP contribution is -2.57. The van der Waals surface area contributed by atoms with Gasteiger partial charge in [0.25, 0.3) is 0 Å². The van der Waals surface area contributed by atoms with Crippen LogP contribution in [0.3, 0.4) is 0 Å². The van der Waals surface area contributed by atoms with Crippen LogP contribution >= 0.6 is 0 Å². The quantitative estimate of drug-likeness (QED) is 0.841. The average Bonchev–Trinajstić information content (AvgIpc) is 2.70. The van der Waals surface area contributed by atoms with Crippen molar-refractivity contribution in [2.45, 2.75) is 58.2 Å². The summed E-state index contributed by atoms with van der Waals surface area (Å²) >= 11 is 0. The van der Waals surface area contributed by atoms with E-state index in [9.17, 15) is 0 Å². The van der Waals surface area contributed by atoms with Crippen LogP contribution in [0.4, 0.5) is 0 Å². The molecular weight excluding hydrogens is 234 g/mol. The Hall–Kier alpha value is -0.120. The Balaban J connectivity index is 1.79. The summed E-state index contributed by atoms with van der Waals surface area (Å²) in [6.07, 6.45) is 4.07. The van der Waals surface area contributed by atoms with Crippen molar-refractivity contribution in [1.82, 2.24) is 9.80 Å². The van der Waals surface area contributed by atoms with Crippen molar-refractivity contribution in [2.75, 3.05) is 26.2 Å². The molecule has 0 aromatic carbocycles. The summed E-state index contributed by atoms with van der Waals surface area (Å²) in [5, 5.41) is 0. The van der Waals surface area contributed by atoms with E-state index in [2.05, 4.69) is 30.6 Å². The molecule has 4 atom stereocenters. The van der Waals surface area contributed by atoms with E-state index >= 15 is 0 Å². The van der Waals surface area contributed by atoms with Gasteiger partial charge in [-0.15, -0.1) is 0 Å². The molecule has 4 aliphatic heterocycles. The molecule has 0 amide bonds. The third-order valence-electron chi connectivity index (χ3n) is 5.56. The maximum atomic E-state index is 6.14. The van der Waals surface area contributed by atoms with Crippen molar-refractivity contribution in [2.24, 2.45) is 23.5 Å². The SMILES string of the molecule is CC(C)CN1CC2C3CCN(CC3)C2C1CC(C)N. The smallest absolute Gasteiger partial charge is 0.0295 e. The van der Waals surface area contributed by atoms with Crippen molar-refractivity contribution in [3.8, 4) is 0 Å². The third-order valence-corrected chi connectivity index (χ3v) is 5.56. The highest BCUT2D eigenvalue weighted by Crippen LogP contribution is 2.45. The van der Waals surface area contributed by atoms with Crippen molar-refractivity contribution < 1.29 is 0 Å². The van der Waals surface area contributed by atoms with Crippen LogP contribution < -0.4 is 5.73 Å². The van der Waals surface area contributed by atoms with Gasteiger partial charge < -0.3 is 5.73 Å². The van der Waals surface area contributed by atoms with Gasteiger partial charge in [0.1, 0.15) is 0 Å². The fourth-order valence-electron chi connectivity index (χ4n) is 4.95. The minimum atomic E-state index is 0.333. The summed E-state index contributed by atoms with van der Waals surface area (Å²) in [7, 11) is 0. The highest BCUT2D eigenvalue weighted by molar-refractivity contribution is 5.07. The molecule has 0 spiro atoms. The van der Waals surface area contributed by atoms with E-state index in [0.717, 1.165) is 29.8 Å². The summed E-state index contributed by atoms with van der Waals surface area (Å²) in [4.78, 5) is 5.57. The Bertz CT molecular complexity index is 307. The number of hydrogen-bond acceptors (Lipinski definition) is 3. The van der Waals surface area contributed by atoms with Gasteiger partial charge >= 0.3 is 0 Å². The molecule has 4 saturated heterocycles. The molecule has 2 bridgehead atoms. The minimum Gasteiger partial charge on any atom is -0.328 e. The molecule has 0 radical (unpaired) electrons. The molecule has 110 valence electrons. The predicted molar refractivity (Wildman–Crippen MR) is 80.0 cm³/mol. The van der Waals surface area contributed by atoms with E-state index in [0.29, 0.717) is 6.04 Å². The Morgan fingerprint density at radius 1 is 1.16 bits per heavy atom. The normalized spacial score (nSPS) is 43.7. The lowest BCUT2D eigenvalue weighted by molar-refractivity contribution is 0.00138. The van der Waals surface area contributed by atoms with Gasteiger partial charge in [-0.1, -0.05) is 13.8 Å². The molecule has 4 unspecified atom stereocenters. The Kier molecular flexibility index (Phi) is 3.89. The monoisotopic (exact) mass is 265 g/mol. The molecule has 2 N–H and O–H groups in total. The van der Waals surface area contributed by atoms with E-state index in [4.69, 9.17) is 5.73 Å². The molecule has 0 aromatic rings. The summed E-state index contributed by atoms with van der Waals surface area (Å²) < 4.78 is 0. The van der Waals surface area contributed by atoms with Gasteiger partial charge in [0.15, 0.2) is 0 Å². The zero-order valence-corrected chi connectivity index (χ0v) is 12.9. The van der Waals surface area contributed by atoms with Gasteiger partial charge in [-0.05, 0) is 57.0 Å². The van der Waals surface area contributed by atoms with Gasteiger partial charge in [0, 0.05) is 31.2 Å². The molecular formula is C16H31N3. The molecule has 3 heteroatoms. The van der Waals surface area contributed by atoms with Gasteiger partial charge in [0.05, 0.1) is 0 Å². The first kappa shape index (κ1) is 13.8. The maximum absolute atomic E-state index is 6.14. The molecule has 4 heterocycles. The van der Waals surface area contributed by atoms with Gasteiger partial charge in [-0.2, -0.15) is 0 Å². The van der Waals surface area contributed by atoms with Crippen LogP contribution in [0.25, 0.3) is 0 Å². The second-order valence-electron chi connectivity index (χ2n) is 7.66.